The van der Waals surface area contributed by atoms with E-state index < -0.39 is 5.60 Å². The lowest BCUT2D eigenvalue weighted by atomic mass is 10.1. The Morgan fingerprint density at radius 1 is 1.56 bits per heavy atom. The van der Waals surface area contributed by atoms with E-state index in [1.807, 2.05) is 32.0 Å². The second-order valence-electron chi connectivity index (χ2n) is 4.89. The molecular weight excluding hydrogens is 204 g/mol. The van der Waals surface area contributed by atoms with Crippen LogP contribution in [0.15, 0.2) is 23.0 Å². The van der Waals surface area contributed by atoms with Crippen LogP contribution in [0, 0.1) is 0 Å². The summed E-state index contributed by atoms with van der Waals surface area (Å²) >= 11 is 0. The average Bonchev–Trinajstić information content (AvgIpc) is 2.64. The SMILES string of the molecule is CC(NCC(C)(O)CN(C)C)c1ccoc1. The zero-order valence-electron chi connectivity index (χ0n) is 10.5. The highest BCUT2D eigenvalue weighted by Gasteiger charge is 2.22. The standard InChI is InChI=1S/C12H22N2O2/c1-10(11-5-6-16-7-11)13-8-12(2,15)9-14(3)4/h5-7,10,13,15H,8-9H2,1-4H3. The van der Waals surface area contributed by atoms with Gasteiger partial charge in [-0.1, -0.05) is 0 Å². The summed E-state index contributed by atoms with van der Waals surface area (Å²) in [7, 11) is 3.90. The average molecular weight is 226 g/mol. The van der Waals surface area contributed by atoms with Gasteiger partial charge in [-0.15, -0.1) is 0 Å². The molecule has 2 unspecified atom stereocenters. The number of hydrogen-bond donors (Lipinski definition) is 2. The van der Waals surface area contributed by atoms with Gasteiger partial charge in [0.15, 0.2) is 0 Å². The van der Waals surface area contributed by atoms with Crippen LogP contribution in [-0.4, -0.2) is 42.8 Å². The molecule has 4 heteroatoms. The summed E-state index contributed by atoms with van der Waals surface area (Å²) in [5.41, 5.74) is 0.377. The van der Waals surface area contributed by atoms with Gasteiger partial charge in [-0.25, -0.2) is 0 Å². The number of likely N-dealkylation sites (N-methyl/N-ethyl adjacent to an activating group) is 1. The van der Waals surface area contributed by atoms with E-state index in [1.54, 1.807) is 12.5 Å². The first-order valence-corrected chi connectivity index (χ1v) is 5.53. The molecule has 2 atom stereocenters. The number of furan rings is 1. The second kappa shape index (κ2) is 5.48. The van der Waals surface area contributed by atoms with Gasteiger partial charge in [0.05, 0.1) is 18.1 Å². The van der Waals surface area contributed by atoms with E-state index in [4.69, 9.17) is 4.42 Å². The molecule has 2 N–H and O–H groups in total. The molecule has 92 valence electrons. The quantitative estimate of drug-likeness (QED) is 0.766. The molecule has 0 aromatic carbocycles. The Labute approximate surface area is 97.2 Å². The van der Waals surface area contributed by atoms with Gasteiger partial charge in [0.1, 0.15) is 0 Å². The molecule has 0 radical (unpaired) electrons. The summed E-state index contributed by atoms with van der Waals surface area (Å²) in [6.07, 6.45) is 3.38. The predicted molar refractivity (Wildman–Crippen MR) is 64.3 cm³/mol. The first-order chi connectivity index (χ1) is 7.41. The van der Waals surface area contributed by atoms with Gasteiger partial charge < -0.3 is 19.7 Å². The molecule has 16 heavy (non-hydrogen) atoms. The fourth-order valence-electron chi connectivity index (χ4n) is 1.75. The number of hydrogen-bond acceptors (Lipinski definition) is 4. The van der Waals surface area contributed by atoms with Gasteiger partial charge in [0.25, 0.3) is 0 Å². The first-order valence-electron chi connectivity index (χ1n) is 5.53. The minimum Gasteiger partial charge on any atom is -0.472 e. The predicted octanol–water partition coefficient (Wildman–Crippen LogP) is 1.24. The van der Waals surface area contributed by atoms with Crippen LogP contribution in [0.1, 0.15) is 25.5 Å². The maximum absolute atomic E-state index is 10.1. The fourth-order valence-corrected chi connectivity index (χ4v) is 1.75. The van der Waals surface area contributed by atoms with Crippen LogP contribution in [0.5, 0.6) is 0 Å². The highest BCUT2D eigenvalue weighted by atomic mass is 16.3. The normalized spacial score (nSPS) is 17.4. The van der Waals surface area contributed by atoms with Gasteiger partial charge in [-0.05, 0) is 34.0 Å². The molecule has 1 aromatic heterocycles. The molecule has 0 bridgehead atoms. The summed E-state index contributed by atoms with van der Waals surface area (Å²) in [5, 5.41) is 13.4. The molecule has 1 aromatic rings. The third-order valence-corrected chi connectivity index (χ3v) is 2.49. The molecular formula is C12H22N2O2. The molecule has 0 spiro atoms. The number of rotatable bonds is 6. The van der Waals surface area contributed by atoms with Crippen LogP contribution >= 0.6 is 0 Å². The van der Waals surface area contributed by atoms with Gasteiger partial charge >= 0.3 is 0 Å². The van der Waals surface area contributed by atoms with E-state index >= 15 is 0 Å². The Kier molecular flexibility index (Phi) is 4.53. The molecule has 0 amide bonds. The Morgan fingerprint density at radius 2 is 2.25 bits per heavy atom. The molecule has 0 aliphatic heterocycles. The Bertz CT molecular complexity index is 294. The van der Waals surface area contributed by atoms with Crippen LogP contribution in [0.2, 0.25) is 0 Å². The van der Waals surface area contributed by atoms with Crippen molar-refractivity contribution in [3.8, 4) is 0 Å². The topological polar surface area (TPSA) is 48.6 Å². The van der Waals surface area contributed by atoms with Crippen molar-refractivity contribution in [1.82, 2.24) is 10.2 Å². The third-order valence-electron chi connectivity index (χ3n) is 2.49. The lowest BCUT2D eigenvalue weighted by Gasteiger charge is -2.28. The van der Waals surface area contributed by atoms with E-state index in [0.29, 0.717) is 13.1 Å². The van der Waals surface area contributed by atoms with Crippen molar-refractivity contribution < 1.29 is 9.52 Å². The van der Waals surface area contributed by atoms with Gasteiger partial charge in [-0.2, -0.15) is 0 Å². The Hall–Kier alpha value is -0.840. The van der Waals surface area contributed by atoms with Crippen molar-refractivity contribution in [2.45, 2.75) is 25.5 Å². The monoisotopic (exact) mass is 226 g/mol. The zero-order valence-corrected chi connectivity index (χ0v) is 10.5. The molecule has 0 aliphatic carbocycles. The van der Waals surface area contributed by atoms with E-state index in [-0.39, 0.29) is 6.04 Å². The number of nitrogens with one attached hydrogen (secondary N) is 1. The Morgan fingerprint density at radius 3 is 2.75 bits per heavy atom. The summed E-state index contributed by atoms with van der Waals surface area (Å²) in [6.45, 7) is 5.08. The van der Waals surface area contributed by atoms with Crippen LogP contribution in [-0.2, 0) is 0 Å². The minimum atomic E-state index is -0.721. The summed E-state index contributed by atoms with van der Waals surface area (Å²) in [4.78, 5) is 1.98. The third kappa shape index (κ3) is 4.35. The number of nitrogens with zero attached hydrogens (tertiary/aromatic N) is 1. The largest absolute Gasteiger partial charge is 0.472 e. The van der Waals surface area contributed by atoms with E-state index in [1.165, 1.54) is 0 Å². The minimum absolute atomic E-state index is 0.187. The van der Waals surface area contributed by atoms with E-state index in [0.717, 1.165) is 5.56 Å². The highest BCUT2D eigenvalue weighted by molar-refractivity contribution is 5.10. The molecule has 0 saturated heterocycles. The van der Waals surface area contributed by atoms with Crippen LogP contribution in [0.4, 0.5) is 0 Å². The first kappa shape index (κ1) is 13.2. The smallest absolute Gasteiger partial charge is 0.0950 e. The van der Waals surface area contributed by atoms with Gasteiger partial charge in [-0.3, -0.25) is 0 Å². The van der Waals surface area contributed by atoms with Crippen molar-refractivity contribution in [2.24, 2.45) is 0 Å². The summed E-state index contributed by atoms with van der Waals surface area (Å²) < 4.78 is 5.02. The summed E-state index contributed by atoms with van der Waals surface area (Å²) in [5.74, 6) is 0. The summed E-state index contributed by atoms with van der Waals surface area (Å²) in [6, 6.07) is 2.12. The molecule has 0 aliphatic rings. The van der Waals surface area contributed by atoms with E-state index in [2.05, 4.69) is 12.2 Å². The second-order valence-corrected chi connectivity index (χ2v) is 4.89. The maximum atomic E-state index is 10.1. The van der Waals surface area contributed by atoms with Crippen LogP contribution in [0.3, 0.4) is 0 Å². The van der Waals surface area contributed by atoms with Crippen molar-refractivity contribution in [3.63, 3.8) is 0 Å². The van der Waals surface area contributed by atoms with Crippen molar-refractivity contribution >= 4 is 0 Å². The van der Waals surface area contributed by atoms with Crippen LogP contribution < -0.4 is 5.32 Å². The molecule has 1 heterocycles. The molecule has 0 fully saturated rings. The highest BCUT2D eigenvalue weighted by Crippen LogP contribution is 2.13. The molecule has 0 saturated carbocycles. The molecule has 1 rings (SSSR count). The lowest BCUT2D eigenvalue weighted by molar-refractivity contribution is 0.0317. The lowest BCUT2D eigenvalue weighted by Crippen LogP contribution is -2.46. The van der Waals surface area contributed by atoms with Crippen molar-refractivity contribution in [1.29, 1.82) is 0 Å². The van der Waals surface area contributed by atoms with Crippen molar-refractivity contribution in [3.05, 3.63) is 24.2 Å². The fraction of sp³-hybridized carbons (Fsp3) is 0.667. The number of aliphatic hydroxyl groups is 1. The Balaban J connectivity index is 2.39. The van der Waals surface area contributed by atoms with Gasteiger partial charge in [0.2, 0.25) is 0 Å². The van der Waals surface area contributed by atoms with E-state index in [9.17, 15) is 5.11 Å². The van der Waals surface area contributed by atoms with Crippen molar-refractivity contribution in [2.75, 3.05) is 27.2 Å². The van der Waals surface area contributed by atoms with Crippen LogP contribution in [0.25, 0.3) is 0 Å². The van der Waals surface area contributed by atoms with Gasteiger partial charge in [0, 0.05) is 24.7 Å². The maximum Gasteiger partial charge on any atom is 0.0950 e. The zero-order chi connectivity index (χ0) is 12.2. The molecule has 4 nitrogen and oxygen atoms in total.